The van der Waals surface area contributed by atoms with Gasteiger partial charge in [-0.2, -0.15) is 0 Å². The van der Waals surface area contributed by atoms with E-state index in [4.69, 9.17) is 4.42 Å². The van der Waals surface area contributed by atoms with Crippen molar-refractivity contribution in [3.63, 3.8) is 0 Å². The lowest BCUT2D eigenvalue weighted by Crippen LogP contribution is -2.10. The molecule has 9 aromatic carbocycles. The molecule has 1 heterocycles. The molecule has 0 unspecified atom stereocenters. The van der Waals surface area contributed by atoms with Gasteiger partial charge in [0.2, 0.25) is 0 Å². The van der Waals surface area contributed by atoms with Crippen LogP contribution in [-0.2, 0) is 0 Å². The second-order valence-corrected chi connectivity index (χ2v) is 13.4. The predicted molar refractivity (Wildman–Crippen MR) is 224 cm³/mol. The molecular formula is C50H34N2O. The Kier molecular flexibility index (Phi) is 7.47. The molecular weight excluding hydrogens is 645 g/mol. The molecule has 10 rings (SSSR count). The van der Waals surface area contributed by atoms with E-state index in [0.717, 1.165) is 67.2 Å². The highest BCUT2D eigenvalue weighted by Crippen LogP contribution is 2.46. The Bertz CT molecular complexity index is 2800. The number of hydrogen-bond donors (Lipinski definition) is 0. The maximum atomic E-state index is 6.71. The van der Waals surface area contributed by atoms with Gasteiger partial charge < -0.3 is 14.2 Å². The van der Waals surface area contributed by atoms with Crippen LogP contribution in [0.15, 0.2) is 211 Å². The molecule has 3 heteroatoms. The maximum Gasteiger partial charge on any atom is 0.159 e. The highest BCUT2D eigenvalue weighted by molar-refractivity contribution is 6.17. The van der Waals surface area contributed by atoms with E-state index < -0.39 is 0 Å². The van der Waals surface area contributed by atoms with E-state index >= 15 is 0 Å². The van der Waals surface area contributed by atoms with Crippen LogP contribution >= 0.6 is 0 Å². The molecule has 3 nitrogen and oxygen atoms in total. The Labute approximate surface area is 308 Å². The molecule has 0 saturated heterocycles. The smallest absolute Gasteiger partial charge is 0.159 e. The van der Waals surface area contributed by atoms with E-state index in [1.54, 1.807) is 0 Å². The first-order chi connectivity index (χ1) is 26.3. The molecule has 0 bridgehead atoms. The minimum atomic E-state index is 0.859. The molecule has 1 aromatic heterocycles. The maximum absolute atomic E-state index is 6.71. The third-order valence-corrected chi connectivity index (χ3v) is 10.2. The minimum Gasteiger partial charge on any atom is -0.454 e. The van der Waals surface area contributed by atoms with E-state index in [9.17, 15) is 0 Å². The Morgan fingerprint density at radius 3 is 1.45 bits per heavy atom. The first-order valence-electron chi connectivity index (χ1n) is 18.0. The van der Waals surface area contributed by atoms with Crippen LogP contribution in [0, 0.1) is 0 Å². The van der Waals surface area contributed by atoms with Crippen molar-refractivity contribution < 1.29 is 4.42 Å². The van der Waals surface area contributed by atoms with E-state index in [1.807, 2.05) is 6.07 Å². The van der Waals surface area contributed by atoms with Crippen LogP contribution in [-0.4, -0.2) is 0 Å². The van der Waals surface area contributed by atoms with Crippen LogP contribution in [0.25, 0.3) is 54.6 Å². The molecule has 0 N–H and O–H groups in total. The molecule has 0 amide bonds. The third-order valence-electron chi connectivity index (χ3n) is 10.2. The van der Waals surface area contributed by atoms with Crippen molar-refractivity contribution in [1.82, 2.24) is 0 Å². The number of para-hydroxylation sites is 5. The summed E-state index contributed by atoms with van der Waals surface area (Å²) in [6.07, 6.45) is 0. The number of furan rings is 1. The Hall–Kier alpha value is -7.10. The number of benzene rings is 9. The summed E-state index contributed by atoms with van der Waals surface area (Å²) in [5, 5.41) is 6.99. The van der Waals surface area contributed by atoms with Crippen LogP contribution in [0.3, 0.4) is 0 Å². The molecule has 0 fully saturated rings. The number of fused-ring (bicyclic) bond motifs is 6. The quantitative estimate of drug-likeness (QED) is 0.156. The molecule has 0 radical (unpaired) electrons. The number of rotatable bonds is 7. The highest BCUT2D eigenvalue weighted by Gasteiger charge is 2.22. The van der Waals surface area contributed by atoms with Crippen molar-refractivity contribution >= 4 is 77.6 Å². The molecule has 0 aliphatic carbocycles. The predicted octanol–water partition coefficient (Wildman–Crippen LogP) is 14.5. The Balaban J connectivity index is 1.24. The number of anilines is 6. The molecule has 0 spiro atoms. The van der Waals surface area contributed by atoms with Crippen molar-refractivity contribution in [1.29, 1.82) is 0 Å². The van der Waals surface area contributed by atoms with Gasteiger partial charge in [0.25, 0.3) is 0 Å². The van der Waals surface area contributed by atoms with E-state index in [0.29, 0.717) is 0 Å². The van der Waals surface area contributed by atoms with Crippen molar-refractivity contribution in [2.24, 2.45) is 0 Å². The molecule has 0 aliphatic rings. The van der Waals surface area contributed by atoms with Gasteiger partial charge in [0, 0.05) is 38.9 Å². The van der Waals surface area contributed by atoms with Gasteiger partial charge in [-0.05, 0) is 106 Å². The lowest BCUT2D eigenvalue weighted by Gasteiger charge is -2.27. The van der Waals surface area contributed by atoms with Gasteiger partial charge in [-0.15, -0.1) is 0 Å². The Morgan fingerprint density at radius 2 is 0.830 bits per heavy atom. The zero-order valence-electron chi connectivity index (χ0n) is 28.9. The fourth-order valence-electron chi connectivity index (χ4n) is 7.76. The topological polar surface area (TPSA) is 19.6 Å². The van der Waals surface area contributed by atoms with E-state index in [1.165, 1.54) is 21.5 Å². The molecule has 0 aliphatic heterocycles. The molecule has 0 saturated carbocycles. The summed E-state index contributed by atoms with van der Waals surface area (Å²) in [5.41, 5.74) is 10.5. The zero-order valence-corrected chi connectivity index (χ0v) is 28.9. The van der Waals surface area contributed by atoms with Gasteiger partial charge in [0.05, 0.1) is 11.4 Å². The van der Waals surface area contributed by atoms with Gasteiger partial charge in [0.1, 0.15) is 5.58 Å². The normalized spacial score (nSPS) is 11.4. The summed E-state index contributed by atoms with van der Waals surface area (Å²) in [4.78, 5) is 4.67. The van der Waals surface area contributed by atoms with Crippen molar-refractivity contribution in [2.45, 2.75) is 0 Å². The number of hydrogen-bond acceptors (Lipinski definition) is 3. The summed E-state index contributed by atoms with van der Waals surface area (Å²) in [5.74, 6) is 0. The number of nitrogens with zero attached hydrogens (tertiary/aromatic N) is 2. The minimum absolute atomic E-state index is 0.859. The van der Waals surface area contributed by atoms with Gasteiger partial charge >= 0.3 is 0 Å². The van der Waals surface area contributed by atoms with Crippen molar-refractivity contribution in [3.8, 4) is 11.1 Å². The van der Waals surface area contributed by atoms with Crippen molar-refractivity contribution in [2.75, 3.05) is 9.80 Å². The highest BCUT2D eigenvalue weighted by atomic mass is 16.3. The average Bonchev–Trinajstić information content (AvgIpc) is 3.61. The first kappa shape index (κ1) is 30.7. The lowest BCUT2D eigenvalue weighted by atomic mass is 9.94. The van der Waals surface area contributed by atoms with Crippen molar-refractivity contribution in [3.05, 3.63) is 206 Å². The monoisotopic (exact) mass is 678 g/mol. The first-order valence-corrected chi connectivity index (χ1v) is 18.0. The average molecular weight is 679 g/mol. The van der Waals surface area contributed by atoms with Gasteiger partial charge in [-0.3, -0.25) is 0 Å². The van der Waals surface area contributed by atoms with Crippen LogP contribution in [0.4, 0.5) is 34.1 Å². The van der Waals surface area contributed by atoms with E-state index in [2.05, 4.69) is 210 Å². The fourth-order valence-corrected chi connectivity index (χ4v) is 7.76. The van der Waals surface area contributed by atoms with Gasteiger partial charge in [-0.25, -0.2) is 0 Å². The molecule has 250 valence electrons. The second-order valence-electron chi connectivity index (χ2n) is 13.4. The fraction of sp³-hybridized carbons (Fsp3) is 0. The SMILES string of the molecule is c1ccc(N(c2ccccc2)c2cc(-c3ccc4ccc5cccc(N(c6ccccc6)c6ccccc6)c5c4c3)cc3c2oc2ccccc23)cc1. The molecule has 0 atom stereocenters. The lowest BCUT2D eigenvalue weighted by molar-refractivity contribution is 0.669. The summed E-state index contributed by atoms with van der Waals surface area (Å²) in [6, 6.07) is 73.3. The van der Waals surface area contributed by atoms with Crippen LogP contribution < -0.4 is 9.80 Å². The zero-order chi connectivity index (χ0) is 35.1. The van der Waals surface area contributed by atoms with Crippen LogP contribution in [0.2, 0.25) is 0 Å². The molecule has 10 aromatic rings. The Morgan fingerprint density at radius 1 is 0.321 bits per heavy atom. The summed E-state index contributed by atoms with van der Waals surface area (Å²) >= 11 is 0. The standard InChI is InChI=1S/C50H34N2O/c1-5-17-39(18-6-1)51(40-19-7-2-8-20-40)46-26-15-16-36-30-28-35-29-31-37(32-44(35)49(36)46)38-33-45-43-25-13-14-27-48(43)53-50(45)47(34-38)52(41-21-9-3-10-22-41)42-23-11-4-12-24-42/h1-34H. The summed E-state index contributed by atoms with van der Waals surface area (Å²) < 4.78 is 6.71. The van der Waals surface area contributed by atoms with Crippen LogP contribution in [0.1, 0.15) is 0 Å². The van der Waals surface area contributed by atoms with Gasteiger partial charge in [0.15, 0.2) is 5.58 Å². The summed E-state index contributed by atoms with van der Waals surface area (Å²) in [7, 11) is 0. The van der Waals surface area contributed by atoms with Crippen LogP contribution in [0.5, 0.6) is 0 Å². The van der Waals surface area contributed by atoms with E-state index in [-0.39, 0.29) is 0 Å². The summed E-state index contributed by atoms with van der Waals surface area (Å²) in [6.45, 7) is 0. The second kappa shape index (κ2) is 12.9. The largest absolute Gasteiger partial charge is 0.454 e. The third kappa shape index (κ3) is 5.38. The van der Waals surface area contributed by atoms with Gasteiger partial charge in [-0.1, -0.05) is 127 Å². The molecule has 53 heavy (non-hydrogen) atoms.